The van der Waals surface area contributed by atoms with Crippen LogP contribution in [0.3, 0.4) is 0 Å². The second-order valence-corrected chi connectivity index (χ2v) is 2.93. The molecule has 0 heterocycles. The van der Waals surface area contributed by atoms with Gasteiger partial charge in [0.1, 0.15) is 0 Å². The van der Waals surface area contributed by atoms with Crippen molar-refractivity contribution >= 4 is 7.28 Å². The predicted octanol–water partition coefficient (Wildman–Crippen LogP) is 3.98. The van der Waals surface area contributed by atoms with Crippen molar-refractivity contribution in [2.75, 3.05) is 0 Å². The second-order valence-electron chi connectivity index (χ2n) is 2.93. The van der Waals surface area contributed by atoms with Gasteiger partial charge in [0.2, 0.25) is 0 Å². The van der Waals surface area contributed by atoms with E-state index in [1.54, 1.807) is 12.2 Å². The van der Waals surface area contributed by atoms with Crippen molar-refractivity contribution < 1.29 is 0 Å². The third-order valence-corrected chi connectivity index (χ3v) is 1.76. The van der Waals surface area contributed by atoms with Crippen molar-refractivity contribution in [2.45, 2.75) is 13.8 Å². The first-order valence-corrected chi connectivity index (χ1v) is 5.04. The topological polar surface area (TPSA) is 0 Å². The fourth-order valence-electron chi connectivity index (χ4n) is 1.08. The van der Waals surface area contributed by atoms with Gasteiger partial charge in [-0.15, -0.1) is 0 Å². The van der Waals surface area contributed by atoms with Gasteiger partial charge in [-0.05, 0) is 13.8 Å². The summed E-state index contributed by atoms with van der Waals surface area (Å²) in [5.41, 5.74) is 2.29. The van der Waals surface area contributed by atoms with Crippen LogP contribution in [-0.2, 0) is 0 Å². The Labute approximate surface area is 94.3 Å². The smallest absolute Gasteiger partial charge is 0.0991 e. The molecule has 0 saturated carbocycles. The first-order valence-electron chi connectivity index (χ1n) is 5.04. The lowest BCUT2D eigenvalue weighted by atomic mass is 9.62. The van der Waals surface area contributed by atoms with E-state index in [9.17, 15) is 0 Å². The molecule has 0 bridgehead atoms. The maximum Gasteiger partial charge on any atom is 0.190 e. The average Bonchev–Trinajstić information content (AvgIpc) is 2.25. The van der Waals surface area contributed by atoms with Crippen LogP contribution in [0.25, 0.3) is 0 Å². The third kappa shape index (κ3) is 6.56. The molecule has 0 aliphatic heterocycles. The van der Waals surface area contributed by atoms with Crippen LogP contribution in [0.2, 0.25) is 0 Å². The first kappa shape index (κ1) is 13.5. The highest BCUT2D eigenvalue weighted by Gasteiger charge is 1.97. The molecule has 0 aliphatic carbocycles. The highest BCUT2D eigenvalue weighted by atomic mass is 13.8. The minimum absolute atomic E-state index is 1.11. The Balaban J connectivity index is 4.67. The van der Waals surface area contributed by atoms with Gasteiger partial charge in [-0.3, -0.25) is 0 Å². The first-order chi connectivity index (χ1) is 7.28. The molecule has 0 atom stereocenters. The molecule has 0 nitrogen and oxygen atoms in total. The third-order valence-electron chi connectivity index (χ3n) is 1.76. The maximum atomic E-state index is 3.69. The second kappa shape index (κ2) is 9.08. The SMILES string of the molecule is C=C/C=C\C([B]C(/C=C\C)=C/C)=C/C=C. The van der Waals surface area contributed by atoms with E-state index in [4.69, 9.17) is 0 Å². The zero-order valence-corrected chi connectivity index (χ0v) is 9.61. The molecule has 1 radical (unpaired) electrons. The Morgan fingerprint density at radius 1 is 1.00 bits per heavy atom. The molecular formula is C14H18B. The van der Waals surface area contributed by atoms with Gasteiger partial charge in [-0.1, -0.05) is 72.7 Å². The number of hydrogen-bond acceptors (Lipinski definition) is 0. The molecule has 0 unspecified atom stereocenters. The molecule has 0 aromatic rings. The van der Waals surface area contributed by atoms with Gasteiger partial charge in [-0.2, -0.15) is 0 Å². The van der Waals surface area contributed by atoms with Crippen molar-refractivity contribution in [3.8, 4) is 0 Å². The molecule has 0 rings (SSSR count). The van der Waals surface area contributed by atoms with E-state index in [-0.39, 0.29) is 0 Å². The Hall–Kier alpha value is -1.50. The monoisotopic (exact) mass is 197 g/mol. The van der Waals surface area contributed by atoms with Crippen molar-refractivity contribution in [1.29, 1.82) is 0 Å². The van der Waals surface area contributed by atoms with Crippen LogP contribution in [-0.4, -0.2) is 7.28 Å². The summed E-state index contributed by atoms with van der Waals surface area (Å²) in [6.45, 7) is 11.4. The van der Waals surface area contributed by atoms with Gasteiger partial charge < -0.3 is 0 Å². The molecule has 0 aliphatic rings. The van der Waals surface area contributed by atoms with Crippen LogP contribution in [0, 0.1) is 0 Å². The van der Waals surface area contributed by atoms with E-state index in [1.165, 1.54) is 5.47 Å². The maximum absolute atomic E-state index is 3.69. The highest BCUT2D eigenvalue weighted by Crippen LogP contribution is 2.04. The lowest BCUT2D eigenvalue weighted by Gasteiger charge is -2.00. The lowest BCUT2D eigenvalue weighted by molar-refractivity contribution is 1.64. The molecule has 0 aromatic carbocycles. The number of rotatable bonds is 6. The summed E-state index contributed by atoms with van der Waals surface area (Å²) in [6, 6.07) is 0. The Kier molecular flexibility index (Phi) is 8.17. The van der Waals surface area contributed by atoms with Crippen LogP contribution in [0.1, 0.15) is 13.8 Å². The van der Waals surface area contributed by atoms with Crippen molar-refractivity contribution in [3.63, 3.8) is 0 Å². The molecule has 1 heteroatoms. The molecule has 0 N–H and O–H groups in total. The summed E-state index contributed by atoms with van der Waals surface area (Å²) < 4.78 is 0. The van der Waals surface area contributed by atoms with Crippen molar-refractivity contribution in [2.24, 2.45) is 0 Å². The van der Waals surface area contributed by atoms with Gasteiger partial charge in [0, 0.05) is 0 Å². The van der Waals surface area contributed by atoms with Crippen LogP contribution in [0.5, 0.6) is 0 Å². The van der Waals surface area contributed by atoms with Crippen LogP contribution in [0.15, 0.2) is 72.7 Å². The van der Waals surface area contributed by atoms with E-state index in [2.05, 4.69) is 32.6 Å². The van der Waals surface area contributed by atoms with Gasteiger partial charge in [0.25, 0.3) is 0 Å². The lowest BCUT2D eigenvalue weighted by Crippen LogP contribution is -1.97. The van der Waals surface area contributed by atoms with Gasteiger partial charge in [0.05, 0.1) is 0 Å². The molecule has 77 valence electrons. The molecule has 0 amide bonds. The van der Waals surface area contributed by atoms with Gasteiger partial charge >= 0.3 is 0 Å². The molecule has 0 aromatic heterocycles. The predicted molar refractivity (Wildman–Crippen MR) is 71.9 cm³/mol. The summed E-state index contributed by atoms with van der Waals surface area (Å²) in [6.07, 6.45) is 15.6. The van der Waals surface area contributed by atoms with Crippen LogP contribution < -0.4 is 0 Å². The largest absolute Gasteiger partial charge is 0.190 e. The summed E-state index contributed by atoms with van der Waals surface area (Å²) in [7, 11) is 2.10. The number of allylic oxidation sites excluding steroid dienone is 10. The number of hydrogen-bond donors (Lipinski definition) is 0. The van der Waals surface area contributed by atoms with Gasteiger partial charge in [0.15, 0.2) is 7.28 Å². The minimum Gasteiger partial charge on any atom is -0.0991 e. The van der Waals surface area contributed by atoms with E-state index in [1.807, 2.05) is 38.2 Å². The van der Waals surface area contributed by atoms with E-state index < -0.39 is 0 Å². The Bertz CT molecular complexity index is 314. The zero-order chi connectivity index (χ0) is 11.5. The summed E-state index contributed by atoms with van der Waals surface area (Å²) in [5.74, 6) is 0. The Morgan fingerprint density at radius 2 is 1.73 bits per heavy atom. The normalized spacial score (nSPS) is 13.5. The zero-order valence-electron chi connectivity index (χ0n) is 9.61. The molecule has 0 fully saturated rings. The minimum atomic E-state index is 1.11. The van der Waals surface area contributed by atoms with E-state index in [0.29, 0.717) is 0 Å². The Morgan fingerprint density at radius 3 is 2.20 bits per heavy atom. The average molecular weight is 197 g/mol. The summed E-state index contributed by atoms with van der Waals surface area (Å²) >= 11 is 0. The fraction of sp³-hybridized carbons (Fsp3) is 0.143. The molecular weight excluding hydrogens is 179 g/mol. The van der Waals surface area contributed by atoms with Gasteiger partial charge in [-0.25, -0.2) is 0 Å². The summed E-state index contributed by atoms with van der Waals surface area (Å²) in [5, 5.41) is 0. The van der Waals surface area contributed by atoms with Crippen LogP contribution >= 0.6 is 0 Å². The summed E-state index contributed by atoms with van der Waals surface area (Å²) in [4.78, 5) is 0. The van der Waals surface area contributed by atoms with Crippen LogP contribution in [0.4, 0.5) is 0 Å². The fourth-order valence-corrected chi connectivity index (χ4v) is 1.08. The molecule has 0 saturated heterocycles. The standard InChI is InChI=1S/C14H18B/c1-5-9-12-14(11-7-3)15-13(8-4)10-6-2/h5-12H,1,3H2,2,4H3/b10-6-,12-9-,13-8+,14-11+. The molecule has 15 heavy (non-hydrogen) atoms. The van der Waals surface area contributed by atoms with Crippen molar-refractivity contribution in [1.82, 2.24) is 0 Å². The van der Waals surface area contributed by atoms with E-state index in [0.717, 1.165) is 5.47 Å². The quantitative estimate of drug-likeness (QED) is 0.446. The van der Waals surface area contributed by atoms with E-state index >= 15 is 0 Å². The molecule has 0 spiro atoms. The highest BCUT2D eigenvalue weighted by molar-refractivity contribution is 6.55. The van der Waals surface area contributed by atoms with Crippen molar-refractivity contribution in [3.05, 3.63) is 72.7 Å².